The van der Waals surface area contributed by atoms with E-state index in [0.29, 0.717) is 16.5 Å². The molecule has 0 aromatic heterocycles. The highest BCUT2D eigenvalue weighted by Crippen LogP contribution is 2.46. The number of fused-ring (bicyclic) bond motifs is 6. The van der Waals surface area contributed by atoms with Gasteiger partial charge in [0.15, 0.2) is 5.75 Å². The topological polar surface area (TPSA) is 43.4 Å². The molecule has 6 aromatic carbocycles. The van der Waals surface area contributed by atoms with Crippen molar-refractivity contribution in [2.45, 2.75) is 5.51 Å². The molecule has 0 spiro atoms. The Bertz CT molecular complexity index is 1930. The molecule has 0 bridgehead atoms. The molecule has 0 aliphatic heterocycles. The molecule has 0 aliphatic carbocycles. The van der Waals surface area contributed by atoms with Gasteiger partial charge in [0.25, 0.3) is 0 Å². The molecule has 0 N–H and O–H groups in total. The lowest BCUT2D eigenvalue weighted by atomic mass is 9.89. The van der Waals surface area contributed by atoms with Crippen molar-refractivity contribution >= 4 is 53.2 Å². The number of alkyl halides is 3. The molecule has 3 nitrogen and oxygen atoms in total. The van der Waals surface area contributed by atoms with E-state index in [0.717, 1.165) is 37.7 Å². The van der Waals surface area contributed by atoms with E-state index >= 15 is 0 Å². The van der Waals surface area contributed by atoms with E-state index in [1.165, 1.54) is 6.07 Å². The lowest BCUT2D eigenvalue weighted by molar-refractivity contribution is -0.0499. The summed E-state index contributed by atoms with van der Waals surface area (Å²) in [6.45, 7) is 0. The predicted molar refractivity (Wildman–Crippen MR) is 138 cm³/mol. The molecule has 0 heterocycles. The quantitative estimate of drug-likeness (QED) is 0.139. The fourth-order valence-corrected chi connectivity index (χ4v) is 5.32. The van der Waals surface area contributed by atoms with Crippen molar-refractivity contribution < 1.29 is 25.8 Å². The summed E-state index contributed by atoms with van der Waals surface area (Å²) < 4.78 is 69.2. The minimum absolute atomic E-state index is 0.291. The van der Waals surface area contributed by atoms with Crippen LogP contribution in [0.4, 0.5) is 13.2 Å². The van der Waals surface area contributed by atoms with E-state index in [-0.39, 0.29) is 5.75 Å². The highest BCUT2D eigenvalue weighted by Gasteiger charge is 2.49. The first kappa shape index (κ1) is 22.4. The van der Waals surface area contributed by atoms with Gasteiger partial charge in [-0.15, -0.1) is 0 Å². The van der Waals surface area contributed by atoms with Crippen LogP contribution in [0.5, 0.6) is 5.75 Å². The summed E-state index contributed by atoms with van der Waals surface area (Å²) in [7, 11) is -5.90. The summed E-state index contributed by atoms with van der Waals surface area (Å²) in [5.74, 6) is -0.378. The number of halogens is 3. The molecule has 0 fully saturated rings. The van der Waals surface area contributed by atoms with Crippen LogP contribution in [0, 0.1) is 0 Å². The molecule has 6 rings (SSSR count). The Kier molecular flexibility index (Phi) is 4.95. The number of rotatable bonds is 3. The molecule has 0 saturated carbocycles. The van der Waals surface area contributed by atoms with Gasteiger partial charge < -0.3 is 4.18 Å². The van der Waals surface area contributed by atoms with Gasteiger partial charge in [0, 0.05) is 10.9 Å². The molecular weight excluding hydrogens is 485 g/mol. The largest absolute Gasteiger partial charge is 0.534 e. The van der Waals surface area contributed by atoms with Crippen LogP contribution < -0.4 is 4.18 Å². The Balaban J connectivity index is 1.82. The van der Waals surface area contributed by atoms with E-state index in [1.807, 2.05) is 78.9 Å². The molecule has 178 valence electrons. The predicted octanol–water partition coefficient (Wildman–Crippen LogP) is 8.19. The van der Waals surface area contributed by atoms with Crippen molar-refractivity contribution in [1.29, 1.82) is 0 Å². The highest BCUT2D eigenvalue weighted by molar-refractivity contribution is 7.88. The first-order valence-corrected chi connectivity index (χ1v) is 12.5. The van der Waals surface area contributed by atoms with E-state index in [2.05, 4.69) is 0 Å². The van der Waals surface area contributed by atoms with E-state index in [9.17, 15) is 21.6 Å². The second-order valence-corrected chi connectivity index (χ2v) is 10.0. The van der Waals surface area contributed by atoms with Gasteiger partial charge in [0.05, 0.1) is 0 Å². The van der Waals surface area contributed by atoms with Crippen LogP contribution in [0.3, 0.4) is 0 Å². The first-order valence-electron chi connectivity index (χ1n) is 11.1. The maximum absolute atomic E-state index is 13.4. The Morgan fingerprint density at radius 1 is 0.556 bits per heavy atom. The lowest BCUT2D eigenvalue weighted by Gasteiger charge is -2.19. The van der Waals surface area contributed by atoms with Crippen LogP contribution >= 0.6 is 0 Å². The number of hydrogen-bond acceptors (Lipinski definition) is 3. The molecule has 7 heteroatoms. The normalized spacial score (nSPS) is 12.5. The molecule has 0 aliphatic rings. The summed E-state index contributed by atoms with van der Waals surface area (Å²) in [5.41, 5.74) is -4.69. The zero-order chi connectivity index (χ0) is 25.1. The zero-order valence-corrected chi connectivity index (χ0v) is 19.4. The maximum atomic E-state index is 13.4. The lowest BCUT2D eigenvalue weighted by Crippen LogP contribution is -2.28. The van der Waals surface area contributed by atoms with Gasteiger partial charge in [-0.2, -0.15) is 21.6 Å². The van der Waals surface area contributed by atoms with Crippen LogP contribution in [0.2, 0.25) is 0 Å². The van der Waals surface area contributed by atoms with Crippen LogP contribution in [0.1, 0.15) is 0 Å². The SMILES string of the molecule is O=S(=O)(Oc1ccc2ccc3ccccc3c2c1-c1cccc2ccc3ccccc3c12)C(F)(F)F. The molecular formula is C29H17F3O3S. The van der Waals surface area contributed by atoms with E-state index in [4.69, 9.17) is 4.18 Å². The van der Waals surface area contributed by atoms with Crippen molar-refractivity contribution in [3.63, 3.8) is 0 Å². The van der Waals surface area contributed by atoms with Crippen molar-refractivity contribution in [2.75, 3.05) is 0 Å². The Labute approximate surface area is 204 Å². The third-order valence-corrected chi connectivity index (χ3v) is 7.36. The second-order valence-electron chi connectivity index (χ2n) is 8.50. The van der Waals surface area contributed by atoms with Crippen LogP contribution in [0.15, 0.2) is 103 Å². The standard InChI is InChI=1S/C29H17F3O3S/c30-29(31,32)36(33,34)35-25-17-16-21-15-13-19-7-2-4-10-23(19)27(21)28(25)24-11-5-8-20-14-12-18-6-1-3-9-22(18)26(20)24/h1-17H. The molecule has 0 unspecified atom stereocenters. The van der Waals surface area contributed by atoms with Gasteiger partial charge in [0.1, 0.15) is 0 Å². The van der Waals surface area contributed by atoms with E-state index < -0.39 is 15.6 Å². The Morgan fingerprint density at radius 3 is 1.69 bits per heavy atom. The minimum atomic E-state index is -5.90. The fraction of sp³-hybridized carbons (Fsp3) is 0.0345. The molecule has 0 atom stereocenters. The van der Waals surface area contributed by atoms with Gasteiger partial charge in [0.2, 0.25) is 0 Å². The summed E-state index contributed by atoms with van der Waals surface area (Å²) in [4.78, 5) is 0. The average Bonchev–Trinajstić information content (AvgIpc) is 2.87. The van der Waals surface area contributed by atoms with Gasteiger partial charge >= 0.3 is 15.6 Å². The van der Waals surface area contributed by atoms with Crippen molar-refractivity contribution in [3.8, 4) is 16.9 Å². The van der Waals surface area contributed by atoms with Gasteiger partial charge in [-0.05, 0) is 49.3 Å². The van der Waals surface area contributed by atoms with Gasteiger partial charge in [-0.1, -0.05) is 97.1 Å². The summed E-state index contributed by atoms with van der Waals surface area (Å²) in [6, 6.07) is 31.3. The van der Waals surface area contributed by atoms with Crippen LogP contribution in [0.25, 0.3) is 54.2 Å². The van der Waals surface area contributed by atoms with Crippen LogP contribution in [-0.4, -0.2) is 13.9 Å². The van der Waals surface area contributed by atoms with E-state index in [1.54, 1.807) is 18.2 Å². The van der Waals surface area contributed by atoms with Gasteiger partial charge in [-0.3, -0.25) is 0 Å². The van der Waals surface area contributed by atoms with Crippen molar-refractivity contribution in [2.24, 2.45) is 0 Å². The maximum Gasteiger partial charge on any atom is 0.534 e. The summed E-state index contributed by atoms with van der Waals surface area (Å²) in [5, 5.41) is 6.52. The van der Waals surface area contributed by atoms with Crippen molar-refractivity contribution in [1.82, 2.24) is 0 Å². The third-order valence-electron chi connectivity index (χ3n) is 6.39. The third kappa shape index (κ3) is 3.46. The highest BCUT2D eigenvalue weighted by atomic mass is 32.2. The molecule has 6 aromatic rings. The molecule has 0 saturated heterocycles. The first-order chi connectivity index (χ1) is 17.2. The Hall–Kier alpha value is -4.10. The smallest absolute Gasteiger partial charge is 0.375 e. The zero-order valence-electron chi connectivity index (χ0n) is 18.6. The second kappa shape index (κ2) is 7.96. The van der Waals surface area contributed by atoms with Crippen molar-refractivity contribution in [3.05, 3.63) is 103 Å². The minimum Gasteiger partial charge on any atom is -0.375 e. The molecule has 36 heavy (non-hydrogen) atoms. The summed E-state index contributed by atoms with van der Waals surface area (Å²) in [6.07, 6.45) is 0. The Morgan fingerprint density at radius 2 is 1.06 bits per heavy atom. The average molecular weight is 503 g/mol. The molecule has 0 radical (unpaired) electrons. The number of benzene rings is 6. The van der Waals surface area contributed by atoms with Gasteiger partial charge in [-0.25, -0.2) is 0 Å². The monoisotopic (exact) mass is 502 g/mol. The van der Waals surface area contributed by atoms with Crippen LogP contribution in [-0.2, 0) is 10.1 Å². The summed E-state index contributed by atoms with van der Waals surface area (Å²) >= 11 is 0. The fourth-order valence-electron chi connectivity index (χ4n) is 4.85. The number of hydrogen-bond donors (Lipinski definition) is 0. The molecule has 0 amide bonds.